The lowest BCUT2D eigenvalue weighted by atomic mass is 10.1. The van der Waals surface area contributed by atoms with Gasteiger partial charge in [0.1, 0.15) is 0 Å². The highest BCUT2D eigenvalue weighted by molar-refractivity contribution is 6.17. The zero-order valence-electron chi connectivity index (χ0n) is 14.3. The standard InChI is InChI=1S/C10H23N.C9H11Cl/c1-2-3-4-5-6-7-8-9-10-11;1-7-4-3-5-9(6-10)8(7)2/h2-11H2,1H3;3-5H,6H2,1-2H3. The van der Waals surface area contributed by atoms with E-state index in [1.54, 1.807) is 0 Å². The topological polar surface area (TPSA) is 26.0 Å². The number of hydrogen-bond acceptors (Lipinski definition) is 1. The smallest absolute Gasteiger partial charge is 0.0476 e. The molecule has 0 amide bonds. The van der Waals surface area contributed by atoms with Gasteiger partial charge in [-0.15, -0.1) is 11.6 Å². The molecule has 0 aliphatic heterocycles. The van der Waals surface area contributed by atoms with E-state index in [-0.39, 0.29) is 0 Å². The van der Waals surface area contributed by atoms with Crippen molar-refractivity contribution in [1.82, 2.24) is 0 Å². The first-order valence-corrected chi connectivity index (χ1v) is 9.01. The van der Waals surface area contributed by atoms with E-state index in [1.807, 2.05) is 6.07 Å². The number of benzene rings is 1. The lowest BCUT2D eigenvalue weighted by Crippen LogP contribution is -1.97. The number of halogens is 1. The second-order valence-corrected chi connectivity index (χ2v) is 6.02. The number of rotatable bonds is 9. The molecule has 0 unspecified atom stereocenters. The van der Waals surface area contributed by atoms with Gasteiger partial charge in [0.2, 0.25) is 0 Å². The maximum atomic E-state index is 5.70. The van der Waals surface area contributed by atoms with Crippen molar-refractivity contribution in [2.75, 3.05) is 6.54 Å². The van der Waals surface area contributed by atoms with Crippen LogP contribution in [0.3, 0.4) is 0 Å². The number of aryl methyl sites for hydroxylation is 1. The van der Waals surface area contributed by atoms with Crippen LogP contribution in [-0.4, -0.2) is 6.54 Å². The molecule has 1 rings (SSSR count). The van der Waals surface area contributed by atoms with Gasteiger partial charge in [0.05, 0.1) is 0 Å². The van der Waals surface area contributed by atoms with Gasteiger partial charge in [-0.05, 0) is 43.5 Å². The fraction of sp³-hybridized carbons (Fsp3) is 0.684. The van der Waals surface area contributed by atoms with Crippen LogP contribution in [-0.2, 0) is 5.88 Å². The summed E-state index contributed by atoms with van der Waals surface area (Å²) in [6.45, 7) is 7.34. The molecular formula is C19H34ClN. The quantitative estimate of drug-likeness (QED) is 0.431. The molecule has 0 aliphatic carbocycles. The van der Waals surface area contributed by atoms with Crippen molar-refractivity contribution in [3.8, 4) is 0 Å². The molecule has 0 heterocycles. The van der Waals surface area contributed by atoms with E-state index in [4.69, 9.17) is 17.3 Å². The van der Waals surface area contributed by atoms with Gasteiger partial charge < -0.3 is 5.73 Å². The summed E-state index contributed by atoms with van der Waals surface area (Å²) in [6, 6.07) is 6.21. The van der Waals surface area contributed by atoms with Crippen LogP contribution in [0.2, 0.25) is 0 Å². The van der Waals surface area contributed by atoms with Crippen molar-refractivity contribution in [3.05, 3.63) is 34.9 Å². The van der Waals surface area contributed by atoms with Gasteiger partial charge >= 0.3 is 0 Å². The van der Waals surface area contributed by atoms with Crippen LogP contribution in [0.15, 0.2) is 18.2 Å². The minimum Gasteiger partial charge on any atom is -0.330 e. The second kappa shape index (κ2) is 14.4. The first kappa shape index (κ1) is 20.5. The molecule has 0 radical (unpaired) electrons. The van der Waals surface area contributed by atoms with Crippen LogP contribution in [0.25, 0.3) is 0 Å². The first-order chi connectivity index (χ1) is 10.2. The Bertz CT molecular complexity index is 341. The summed E-state index contributed by atoms with van der Waals surface area (Å²) in [5.41, 5.74) is 9.26. The third-order valence-electron chi connectivity index (χ3n) is 3.92. The van der Waals surface area contributed by atoms with Crippen LogP contribution in [0, 0.1) is 13.8 Å². The Kier molecular flexibility index (Phi) is 14.0. The fourth-order valence-corrected chi connectivity index (χ4v) is 2.52. The molecule has 0 fully saturated rings. The summed E-state index contributed by atoms with van der Waals surface area (Å²) < 4.78 is 0. The van der Waals surface area contributed by atoms with Crippen LogP contribution in [0.5, 0.6) is 0 Å². The molecule has 1 aromatic carbocycles. The lowest BCUT2D eigenvalue weighted by Gasteiger charge is -2.03. The zero-order valence-corrected chi connectivity index (χ0v) is 15.0. The third-order valence-corrected chi connectivity index (χ3v) is 4.21. The summed E-state index contributed by atoms with van der Waals surface area (Å²) >= 11 is 5.70. The molecule has 0 atom stereocenters. The van der Waals surface area contributed by atoms with Crippen LogP contribution in [0.4, 0.5) is 0 Å². The van der Waals surface area contributed by atoms with E-state index in [0.717, 1.165) is 6.54 Å². The second-order valence-electron chi connectivity index (χ2n) is 5.76. The lowest BCUT2D eigenvalue weighted by molar-refractivity contribution is 0.578. The van der Waals surface area contributed by atoms with Crippen LogP contribution < -0.4 is 5.73 Å². The molecule has 0 saturated heterocycles. The van der Waals surface area contributed by atoms with Crippen molar-refractivity contribution in [3.63, 3.8) is 0 Å². The molecule has 0 aliphatic rings. The highest BCUT2D eigenvalue weighted by atomic mass is 35.5. The summed E-state index contributed by atoms with van der Waals surface area (Å²) in [6.07, 6.45) is 11.0. The maximum Gasteiger partial charge on any atom is 0.0476 e. The number of hydrogen-bond donors (Lipinski definition) is 1. The number of alkyl halides is 1. The molecule has 0 spiro atoms. The van der Waals surface area contributed by atoms with Gasteiger partial charge in [-0.3, -0.25) is 0 Å². The predicted molar refractivity (Wildman–Crippen MR) is 97.1 cm³/mol. The SMILES string of the molecule is CCCCCCCCCCN.Cc1cccc(CCl)c1C. The van der Waals surface area contributed by atoms with Gasteiger partial charge in [-0.1, -0.05) is 70.1 Å². The molecule has 0 bridgehead atoms. The Balaban J connectivity index is 0.000000382. The van der Waals surface area contributed by atoms with Crippen molar-refractivity contribution in [2.45, 2.75) is 78.0 Å². The summed E-state index contributed by atoms with van der Waals surface area (Å²) in [5, 5.41) is 0. The molecule has 2 heteroatoms. The van der Waals surface area contributed by atoms with Crippen molar-refractivity contribution in [2.24, 2.45) is 5.73 Å². The zero-order chi connectivity index (χ0) is 15.9. The molecule has 2 N–H and O–H groups in total. The Morgan fingerprint density at radius 3 is 1.95 bits per heavy atom. The van der Waals surface area contributed by atoms with E-state index < -0.39 is 0 Å². The average Bonchev–Trinajstić information content (AvgIpc) is 2.50. The van der Waals surface area contributed by atoms with E-state index >= 15 is 0 Å². The number of nitrogens with two attached hydrogens (primary N) is 1. The van der Waals surface area contributed by atoms with Crippen molar-refractivity contribution in [1.29, 1.82) is 0 Å². The monoisotopic (exact) mass is 311 g/mol. The van der Waals surface area contributed by atoms with Crippen molar-refractivity contribution < 1.29 is 0 Å². The Hall–Kier alpha value is -0.530. The van der Waals surface area contributed by atoms with Gasteiger partial charge in [0.25, 0.3) is 0 Å². The molecule has 1 aromatic rings. The van der Waals surface area contributed by atoms with E-state index in [2.05, 4.69) is 32.9 Å². The molecule has 21 heavy (non-hydrogen) atoms. The molecular weight excluding hydrogens is 278 g/mol. The first-order valence-electron chi connectivity index (χ1n) is 8.48. The summed E-state index contributed by atoms with van der Waals surface area (Å²) in [7, 11) is 0. The fourth-order valence-electron chi connectivity index (χ4n) is 2.23. The Morgan fingerprint density at radius 2 is 1.48 bits per heavy atom. The van der Waals surface area contributed by atoms with Crippen LogP contribution in [0.1, 0.15) is 75.0 Å². The largest absolute Gasteiger partial charge is 0.330 e. The van der Waals surface area contributed by atoms with Gasteiger partial charge in [-0.25, -0.2) is 0 Å². The highest BCUT2D eigenvalue weighted by Gasteiger charge is 1.96. The van der Waals surface area contributed by atoms with Crippen molar-refractivity contribution >= 4 is 11.6 Å². The van der Waals surface area contributed by atoms with E-state index in [0.29, 0.717) is 5.88 Å². The molecule has 122 valence electrons. The van der Waals surface area contributed by atoms with Gasteiger partial charge in [0.15, 0.2) is 0 Å². The minimum atomic E-state index is 0.619. The summed E-state index contributed by atoms with van der Waals surface area (Å²) in [4.78, 5) is 0. The summed E-state index contributed by atoms with van der Waals surface area (Å²) in [5.74, 6) is 0.619. The predicted octanol–water partition coefficient (Wildman–Crippen LogP) is 6.13. The maximum absolute atomic E-state index is 5.70. The molecule has 0 aromatic heterocycles. The average molecular weight is 312 g/mol. The minimum absolute atomic E-state index is 0.619. The number of unbranched alkanes of at least 4 members (excludes halogenated alkanes) is 7. The third kappa shape index (κ3) is 10.8. The normalized spacial score (nSPS) is 10.1. The van der Waals surface area contributed by atoms with Gasteiger partial charge in [-0.2, -0.15) is 0 Å². The highest BCUT2D eigenvalue weighted by Crippen LogP contribution is 2.14. The van der Waals surface area contributed by atoms with E-state index in [9.17, 15) is 0 Å². The van der Waals surface area contributed by atoms with Crippen LogP contribution >= 0.6 is 11.6 Å². The molecule has 1 nitrogen and oxygen atoms in total. The Labute approximate surface area is 137 Å². The van der Waals surface area contributed by atoms with E-state index in [1.165, 1.54) is 68.1 Å². The molecule has 0 saturated carbocycles. The van der Waals surface area contributed by atoms with Gasteiger partial charge in [0, 0.05) is 5.88 Å². The Morgan fingerprint density at radius 1 is 0.905 bits per heavy atom.